The monoisotopic (exact) mass is 269 g/mol. The molecular weight excluding hydrogens is 258 g/mol. The summed E-state index contributed by atoms with van der Waals surface area (Å²) in [5.74, 6) is -1.02. The highest BCUT2D eigenvalue weighted by Crippen LogP contribution is 2.22. The molecule has 0 unspecified atom stereocenters. The van der Waals surface area contributed by atoms with Gasteiger partial charge in [0.15, 0.2) is 5.65 Å². The molecule has 20 heavy (non-hydrogen) atoms. The zero-order valence-electron chi connectivity index (χ0n) is 10.4. The number of nitrogens with zero attached hydrogens (tertiary/aromatic N) is 2. The van der Waals surface area contributed by atoms with E-state index < -0.39 is 5.97 Å². The molecule has 0 spiro atoms. The molecule has 0 atom stereocenters. The number of aromatic nitrogens is 3. The van der Waals surface area contributed by atoms with Gasteiger partial charge in [-0.3, -0.25) is 14.7 Å². The average Bonchev–Trinajstić information content (AvgIpc) is 2.83. The van der Waals surface area contributed by atoms with E-state index in [1.165, 1.54) is 10.6 Å². The van der Waals surface area contributed by atoms with E-state index in [0.29, 0.717) is 5.65 Å². The highest BCUT2D eigenvalue weighted by molar-refractivity contribution is 5.77. The quantitative estimate of drug-likeness (QED) is 0.750. The summed E-state index contributed by atoms with van der Waals surface area (Å²) in [6, 6.07) is 10.7. The van der Waals surface area contributed by atoms with E-state index in [4.69, 9.17) is 5.11 Å². The molecule has 3 aromatic rings. The summed E-state index contributed by atoms with van der Waals surface area (Å²) in [6.07, 6.45) is 1.41. The Kier molecular flexibility index (Phi) is 2.83. The smallest absolute Gasteiger partial charge is 0.309 e. The lowest BCUT2D eigenvalue weighted by molar-refractivity contribution is -0.136. The Labute approximate surface area is 113 Å². The molecule has 2 heterocycles. The van der Waals surface area contributed by atoms with Crippen molar-refractivity contribution in [1.82, 2.24) is 14.6 Å². The lowest BCUT2D eigenvalue weighted by atomic mass is 10.1. The molecule has 0 fully saturated rings. The van der Waals surface area contributed by atoms with Crippen molar-refractivity contribution in [3.05, 3.63) is 58.6 Å². The van der Waals surface area contributed by atoms with Gasteiger partial charge in [0, 0.05) is 17.8 Å². The zero-order chi connectivity index (χ0) is 14.1. The number of carbonyl (C=O) groups is 1. The Balaban J connectivity index is 2.22. The second kappa shape index (κ2) is 4.65. The summed E-state index contributed by atoms with van der Waals surface area (Å²) in [4.78, 5) is 26.9. The number of fused-ring (bicyclic) bond motifs is 1. The van der Waals surface area contributed by atoms with Crippen LogP contribution in [0.25, 0.3) is 16.8 Å². The number of carboxylic acids is 1. The van der Waals surface area contributed by atoms with Gasteiger partial charge in [0.2, 0.25) is 0 Å². The van der Waals surface area contributed by atoms with Crippen molar-refractivity contribution in [1.29, 1.82) is 0 Å². The predicted octanol–water partition coefficient (Wildman–Crippen LogP) is 1.32. The molecule has 2 aromatic heterocycles. The van der Waals surface area contributed by atoms with Crippen molar-refractivity contribution in [3.8, 4) is 11.1 Å². The first-order chi connectivity index (χ1) is 9.65. The highest BCUT2D eigenvalue weighted by Gasteiger charge is 2.12. The number of H-pyrrole nitrogens is 1. The molecule has 0 bridgehead atoms. The minimum Gasteiger partial charge on any atom is -0.481 e. The summed E-state index contributed by atoms with van der Waals surface area (Å²) >= 11 is 0. The van der Waals surface area contributed by atoms with Crippen LogP contribution in [-0.2, 0) is 11.2 Å². The number of carboxylic acid groups (broad SMARTS) is 1. The van der Waals surface area contributed by atoms with Crippen LogP contribution in [0.2, 0.25) is 0 Å². The van der Waals surface area contributed by atoms with E-state index in [1.54, 1.807) is 6.20 Å². The fourth-order valence-corrected chi connectivity index (χ4v) is 2.10. The number of hydrogen-bond donors (Lipinski definition) is 2. The maximum Gasteiger partial charge on any atom is 0.309 e. The molecular formula is C14H11N3O3. The molecule has 0 aliphatic rings. The molecule has 0 saturated carbocycles. The SMILES string of the molecule is O=C(O)Cc1cc(=O)n2[nH]cc(-c3ccccc3)c2n1. The molecule has 1 aromatic carbocycles. The third-order valence-corrected chi connectivity index (χ3v) is 2.97. The Morgan fingerprint density at radius 1 is 1.30 bits per heavy atom. The van der Waals surface area contributed by atoms with E-state index in [0.717, 1.165) is 11.1 Å². The van der Waals surface area contributed by atoms with Gasteiger partial charge in [0.1, 0.15) is 0 Å². The first kappa shape index (κ1) is 12.2. The summed E-state index contributed by atoms with van der Waals surface area (Å²) in [5, 5.41) is 11.6. The molecule has 0 amide bonds. The van der Waals surface area contributed by atoms with Crippen molar-refractivity contribution in [2.45, 2.75) is 6.42 Å². The fraction of sp³-hybridized carbons (Fsp3) is 0.0714. The molecule has 6 nitrogen and oxygen atoms in total. The summed E-state index contributed by atoms with van der Waals surface area (Å²) in [5.41, 5.74) is 2.02. The number of aromatic amines is 1. The highest BCUT2D eigenvalue weighted by atomic mass is 16.4. The van der Waals surface area contributed by atoms with Gasteiger partial charge in [0.25, 0.3) is 5.56 Å². The molecule has 3 rings (SSSR count). The van der Waals surface area contributed by atoms with Gasteiger partial charge in [-0.15, -0.1) is 0 Å². The van der Waals surface area contributed by atoms with E-state index in [9.17, 15) is 9.59 Å². The van der Waals surface area contributed by atoms with Crippen LogP contribution in [0.5, 0.6) is 0 Å². The van der Waals surface area contributed by atoms with Crippen LogP contribution in [0, 0.1) is 0 Å². The Morgan fingerprint density at radius 2 is 2.05 bits per heavy atom. The van der Waals surface area contributed by atoms with Crippen LogP contribution < -0.4 is 5.56 Å². The first-order valence-electron chi connectivity index (χ1n) is 6.02. The molecule has 6 heteroatoms. The summed E-state index contributed by atoms with van der Waals surface area (Å²) in [6.45, 7) is 0. The number of rotatable bonds is 3. The Hall–Kier alpha value is -2.89. The maximum atomic E-state index is 11.9. The van der Waals surface area contributed by atoms with Crippen LogP contribution in [0.3, 0.4) is 0 Å². The van der Waals surface area contributed by atoms with Crippen LogP contribution in [0.4, 0.5) is 0 Å². The van der Waals surface area contributed by atoms with E-state index in [-0.39, 0.29) is 17.7 Å². The number of aliphatic carboxylic acids is 1. The van der Waals surface area contributed by atoms with Gasteiger partial charge < -0.3 is 5.11 Å². The Morgan fingerprint density at radius 3 is 2.75 bits per heavy atom. The fourth-order valence-electron chi connectivity index (χ4n) is 2.10. The van der Waals surface area contributed by atoms with Gasteiger partial charge in [-0.2, -0.15) is 0 Å². The van der Waals surface area contributed by atoms with Crippen molar-refractivity contribution in [2.24, 2.45) is 0 Å². The van der Waals surface area contributed by atoms with Crippen molar-refractivity contribution >= 4 is 11.6 Å². The van der Waals surface area contributed by atoms with Crippen molar-refractivity contribution in [3.63, 3.8) is 0 Å². The largest absolute Gasteiger partial charge is 0.481 e. The third-order valence-electron chi connectivity index (χ3n) is 2.97. The average molecular weight is 269 g/mol. The Bertz CT molecular complexity index is 834. The standard InChI is InChI=1S/C14H11N3O3/c18-12-6-10(7-13(19)20)16-14-11(8-15-17(12)14)9-4-2-1-3-5-9/h1-6,8,15H,7H2,(H,19,20). The minimum absolute atomic E-state index is 0.249. The second-order valence-electron chi connectivity index (χ2n) is 4.37. The number of hydrogen-bond acceptors (Lipinski definition) is 3. The van der Waals surface area contributed by atoms with Crippen LogP contribution in [0.15, 0.2) is 47.4 Å². The summed E-state index contributed by atoms with van der Waals surface area (Å²) < 4.78 is 1.30. The third kappa shape index (κ3) is 2.07. The molecule has 2 N–H and O–H groups in total. The normalized spacial score (nSPS) is 10.8. The van der Waals surface area contributed by atoms with Crippen LogP contribution >= 0.6 is 0 Å². The van der Waals surface area contributed by atoms with Gasteiger partial charge in [-0.05, 0) is 5.56 Å². The van der Waals surface area contributed by atoms with Gasteiger partial charge >= 0.3 is 5.97 Å². The number of benzene rings is 1. The molecule has 0 aliphatic carbocycles. The molecule has 0 aliphatic heterocycles. The van der Waals surface area contributed by atoms with Crippen LogP contribution in [-0.4, -0.2) is 25.7 Å². The molecule has 100 valence electrons. The maximum absolute atomic E-state index is 11.9. The van der Waals surface area contributed by atoms with Gasteiger partial charge in [-0.1, -0.05) is 30.3 Å². The van der Waals surface area contributed by atoms with E-state index >= 15 is 0 Å². The zero-order valence-corrected chi connectivity index (χ0v) is 10.4. The molecule has 0 radical (unpaired) electrons. The van der Waals surface area contributed by atoms with Crippen LogP contribution in [0.1, 0.15) is 5.69 Å². The van der Waals surface area contributed by atoms with Gasteiger partial charge in [0.05, 0.1) is 12.1 Å². The first-order valence-corrected chi connectivity index (χ1v) is 6.02. The van der Waals surface area contributed by atoms with Crippen molar-refractivity contribution < 1.29 is 9.90 Å². The lowest BCUT2D eigenvalue weighted by Crippen LogP contribution is -2.17. The predicted molar refractivity (Wildman–Crippen MR) is 72.6 cm³/mol. The molecule has 0 saturated heterocycles. The lowest BCUT2D eigenvalue weighted by Gasteiger charge is -2.00. The summed E-state index contributed by atoms with van der Waals surface area (Å²) in [7, 11) is 0. The van der Waals surface area contributed by atoms with E-state index in [1.807, 2.05) is 30.3 Å². The second-order valence-corrected chi connectivity index (χ2v) is 4.37. The minimum atomic E-state index is -1.02. The van der Waals surface area contributed by atoms with Gasteiger partial charge in [-0.25, -0.2) is 9.50 Å². The number of nitrogens with one attached hydrogen (secondary N) is 1. The topological polar surface area (TPSA) is 87.5 Å². The van der Waals surface area contributed by atoms with E-state index in [2.05, 4.69) is 10.1 Å². The van der Waals surface area contributed by atoms with Crippen molar-refractivity contribution in [2.75, 3.05) is 0 Å².